The molecule has 1 atom stereocenters. The Kier molecular flexibility index (Phi) is 4.10. The quantitative estimate of drug-likeness (QED) is 0.422. The Bertz CT molecular complexity index is 510. The maximum Gasteiger partial charge on any atom is 0.540 e. The van der Waals surface area contributed by atoms with Crippen LogP contribution in [0.5, 0.6) is 0 Å². The lowest BCUT2D eigenvalue weighted by atomic mass is 10.4. The second-order valence-corrected chi connectivity index (χ2v) is 3.01. The van der Waals surface area contributed by atoms with Gasteiger partial charge >= 0.3 is 11.7 Å². The highest BCUT2D eigenvalue weighted by Gasteiger charge is 2.57. The second-order valence-electron chi connectivity index (χ2n) is 3.01. The Morgan fingerprint density at radius 3 is 2.05 bits per heavy atom. The Labute approximate surface area is 104 Å². The number of nitrogens with zero attached hydrogens (tertiary/aromatic N) is 5. The number of carbonyl (C=O) groups is 1. The lowest BCUT2D eigenvalue weighted by Gasteiger charge is -2.06. The zero-order valence-electron chi connectivity index (χ0n) is 9.07. The Hall–Kier alpha value is -3.02. The summed E-state index contributed by atoms with van der Waals surface area (Å²) in [6, 6.07) is 0. The summed E-state index contributed by atoms with van der Waals surface area (Å²) >= 11 is 0. The first-order valence-electron chi connectivity index (χ1n) is 4.60. The monoisotopic (exact) mass is 270 g/mol. The lowest BCUT2D eigenvalue weighted by Crippen LogP contribution is -2.69. The number of nitro groups is 2. The summed E-state index contributed by atoms with van der Waals surface area (Å²) in [5.74, 6) is -6.75. The van der Waals surface area contributed by atoms with Gasteiger partial charge in [-0.05, 0) is 17.1 Å². The van der Waals surface area contributed by atoms with Crippen molar-refractivity contribution in [2.24, 2.45) is 15.2 Å². The molecule has 0 aromatic carbocycles. The van der Waals surface area contributed by atoms with Crippen molar-refractivity contribution in [1.82, 2.24) is 0 Å². The third-order valence-corrected chi connectivity index (χ3v) is 1.78. The van der Waals surface area contributed by atoms with Crippen LogP contribution in [-0.4, -0.2) is 27.6 Å². The van der Waals surface area contributed by atoms with Crippen LogP contribution in [0.25, 0.3) is 0 Å². The fourth-order valence-corrected chi connectivity index (χ4v) is 0.935. The molecule has 2 N–H and O–H groups in total. The molecule has 100 valence electrons. The Morgan fingerprint density at radius 1 is 1.26 bits per heavy atom. The number of guanidine groups is 1. The molecule has 0 fully saturated rings. The number of aliphatic carboxylic acids is 1. The highest BCUT2D eigenvalue weighted by Crippen LogP contribution is 2.20. The highest BCUT2D eigenvalue weighted by atomic mass is 16.6. The second kappa shape index (κ2) is 5.54. The minimum Gasteiger partial charge on any atom is -0.538 e. The van der Waals surface area contributed by atoms with E-state index >= 15 is 0 Å². The number of aliphatic imine (C=N–C) groups is 1. The molecule has 12 nitrogen and oxygen atoms in total. The summed E-state index contributed by atoms with van der Waals surface area (Å²) in [5.41, 5.74) is 0. The average Bonchev–Trinajstić information content (AvgIpc) is 3.02. The highest BCUT2D eigenvalue weighted by molar-refractivity contribution is 5.82. The van der Waals surface area contributed by atoms with Crippen LogP contribution in [0, 0.1) is 20.2 Å². The number of hydrogen-bond donors (Lipinski definition) is 1. The molecule has 2 heterocycles. The average molecular weight is 270 g/mol. The van der Waals surface area contributed by atoms with Crippen LogP contribution in [0.1, 0.15) is 0 Å². The molecule has 0 aliphatic carbocycles. The first kappa shape index (κ1) is 14.0. The van der Waals surface area contributed by atoms with E-state index < -0.39 is 27.6 Å². The van der Waals surface area contributed by atoms with E-state index in [-0.39, 0.29) is 0 Å². The summed E-state index contributed by atoms with van der Waals surface area (Å²) in [7, 11) is 0. The fraction of sp³-hybridized carbons (Fsp3) is 0.143. The summed E-state index contributed by atoms with van der Waals surface area (Å²) in [6.45, 7) is 0. The van der Waals surface area contributed by atoms with E-state index in [9.17, 15) is 30.1 Å². The molecule has 0 bridgehead atoms. The molecule has 0 aromatic heterocycles. The van der Waals surface area contributed by atoms with E-state index in [2.05, 4.69) is 15.2 Å². The first-order chi connectivity index (χ1) is 8.90. The van der Waals surface area contributed by atoms with Gasteiger partial charge < -0.3 is 20.0 Å². The van der Waals surface area contributed by atoms with Crippen molar-refractivity contribution in [2.75, 3.05) is 0 Å². The molecule has 0 spiro atoms. The van der Waals surface area contributed by atoms with Crippen LogP contribution in [-0.2, 0) is 4.79 Å². The molecule has 1 unspecified atom stereocenters. The molecular formula is C7H6N6O6. The predicted molar refractivity (Wildman–Crippen MR) is 54.2 cm³/mol. The van der Waals surface area contributed by atoms with E-state index in [1.54, 1.807) is 0 Å². The normalized spacial score (nSPS) is 22.6. The maximum atomic E-state index is 10.3. The smallest absolute Gasteiger partial charge is 0.538 e. The number of carboxylic acid groups (broad SMARTS) is 1. The van der Waals surface area contributed by atoms with E-state index in [1.807, 2.05) is 29.9 Å². The van der Waals surface area contributed by atoms with Gasteiger partial charge in [0.25, 0.3) is 0 Å². The van der Waals surface area contributed by atoms with E-state index in [0.29, 0.717) is 0 Å². The number of carbonyl (C=O) groups excluding carboxylic acids is 1. The van der Waals surface area contributed by atoms with Crippen LogP contribution >= 0.6 is 0 Å². The maximum absolute atomic E-state index is 10.3. The number of nitrogens with two attached hydrogens (primary N) is 1. The Balaban J connectivity index is 0.000000300. The topological polar surface area (TPSA) is 180 Å². The van der Waals surface area contributed by atoms with E-state index in [1.165, 1.54) is 0 Å². The van der Waals surface area contributed by atoms with Gasteiger partial charge in [0.15, 0.2) is 5.97 Å². The summed E-state index contributed by atoms with van der Waals surface area (Å²) in [4.78, 5) is 30.6. The predicted octanol–water partition coefficient (Wildman–Crippen LogP) is -2.64. The Morgan fingerprint density at radius 2 is 1.84 bits per heavy atom. The standard InChI is InChI=1S/C4H5N.C3HN5O6/c1-2-4-5-3-1;9-1(10)3(8(13)14)4-2(5-6-3)7(11)12/h1-5H;(H,9,10). The van der Waals surface area contributed by atoms with Crippen molar-refractivity contribution < 1.29 is 25.1 Å². The van der Waals surface area contributed by atoms with Crippen LogP contribution in [0.3, 0.4) is 0 Å². The molecule has 12 heteroatoms. The number of azo groups is 1. The van der Waals surface area contributed by atoms with Crippen molar-refractivity contribution in [2.45, 2.75) is 5.79 Å². The third kappa shape index (κ3) is 3.01. The molecule has 0 saturated heterocycles. The van der Waals surface area contributed by atoms with Gasteiger partial charge in [-0.25, -0.2) is 0 Å². The van der Waals surface area contributed by atoms with Crippen molar-refractivity contribution in [3.63, 3.8) is 0 Å². The van der Waals surface area contributed by atoms with Gasteiger partial charge in [-0.2, -0.15) is 0 Å². The molecule has 2 rings (SSSR count). The molecule has 2 aliphatic heterocycles. The van der Waals surface area contributed by atoms with E-state index in [4.69, 9.17) is 0 Å². The summed E-state index contributed by atoms with van der Waals surface area (Å²) in [6.07, 6.45) is 8.00. The zero-order valence-corrected chi connectivity index (χ0v) is 9.07. The van der Waals surface area contributed by atoms with Gasteiger partial charge in [-0.15, -0.1) is 0 Å². The van der Waals surface area contributed by atoms with Gasteiger partial charge in [0.05, 0.1) is 17.5 Å². The van der Waals surface area contributed by atoms with Crippen molar-refractivity contribution in [3.8, 4) is 0 Å². The van der Waals surface area contributed by atoms with Gasteiger partial charge in [-0.3, -0.25) is 15.4 Å². The molecule has 0 aromatic rings. The minimum atomic E-state index is -3.22. The largest absolute Gasteiger partial charge is 0.540 e. The number of quaternary nitrogens is 1. The van der Waals surface area contributed by atoms with Crippen LogP contribution in [0.15, 0.2) is 39.8 Å². The number of carboxylic acids is 1. The van der Waals surface area contributed by atoms with Crippen molar-refractivity contribution in [1.29, 1.82) is 0 Å². The molecule has 0 saturated carbocycles. The molecule has 19 heavy (non-hydrogen) atoms. The van der Waals surface area contributed by atoms with Crippen LogP contribution in [0.4, 0.5) is 0 Å². The van der Waals surface area contributed by atoms with Crippen LogP contribution in [0.2, 0.25) is 0 Å². The SMILES string of the molecule is C1=C[NH2+]C=C1.O=C([O-])C1([N+](=O)[O-])N=NC([N+](=O)[O-])=N1. The summed E-state index contributed by atoms with van der Waals surface area (Å²) in [5, 5.41) is 37.8. The number of allylic oxidation sites excluding steroid dienone is 2. The van der Waals surface area contributed by atoms with Gasteiger partial charge in [0.2, 0.25) is 0 Å². The fourth-order valence-electron chi connectivity index (χ4n) is 0.935. The van der Waals surface area contributed by atoms with Gasteiger partial charge in [0.1, 0.15) is 4.92 Å². The van der Waals surface area contributed by atoms with Gasteiger partial charge in [-0.1, -0.05) is 0 Å². The minimum absolute atomic E-state index is 1.20. The zero-order chi connectivity index (χ0) is 14.5. The first-order valence-corrected chi connectivity index (χ1v) is 4.60. The number of rotatable bonds is 2. The molecular weight excluding hydrogens is 264 g/mol. The molecule has 0 radical (unpaired) electrons. The third-order valence-electron chi connectivity index (χ3n) is 1.78. The molecule has 2 aliphatic rings. The summed E-state index contributed by atoms with van der Waals surface area (Å²) < 4.78 is 0. The number of hydrogen-bond acceptors (Lipinski definition) is 9. The lowest BCUT2D eigenvalue weighted by molar-refractivity contribution is -0.564. The van der Waals surface area contributed by atoms with Crippen molar-refractivity contribution >= 4 is 11.9 Å². The van der Waals surface area contributed by atoms with Crippen LogP contribution < -0.4 is 10.4 Å². The van der Waals surface area contributed by atoms with Crippen molar-refractivity contribution in [3.05, 3.63) is 44.8 Å². The van der Waals surface area contributed by atoms with Gasteiger partial charge in [0, 0.05) is 10.1 Å². The molecule has 0 amide bonds. The van der Waals surface area contributed by atoms with E-state index in [0.717, 1.165) is 0 Å².